The van der Waals surface area contributed by atoms with Gasteiger partial charge < -0.3 is 10.1 Å². The summed E-state index contributed by atoms with van der Waals surface area (Å²) in [6.07, 6.45) is 2.14. The average Bonchev–Trinajstić information content (AvgIpc) is 2.47. The molecule has 1 aliphatic heterocycles. The summed E-state index contributed by atoms with van der Waals surface area (Å²) in [5.41, 5.74) is 1.13. The van der Waals surface area contributed by atoms with E-state index in [1.54, 1.807) is 0 Å². The van der Waals surface area contributed by atoms with Gasteiger partial charge in [-0.2, -0.15) is 0 Å². The number of hydrogen-bond donors (Lipinski definition) is 1. The molecule has 2 unspecified atom stereocenters. The monoisotopic (exact) mass is 269 g/mol. The lowest BCUT2D eigenvalue weighted by Gasteiger charge is -2.39. The molecule has 0 radical (unpaired) electrons. The van der Waals surface area contributed by atoms with Gasteiger partial charge in [-0.05, 0) is 42.6 Å². The van der Waals surface area contributed by atoms with Gasteiger partial charge in [-0.15, -0.1) is 0 Å². The van der Waals surface area contributed by atoms with E-state index in [1.807, 2.05) is 0 Å². The zero-order valence-electron chi connectivity index (χ0n) is 12.4. The van der Waals surface area contributed by atoms with Gasteiger partial charge in [0.1, 0.15) is 0 Å². The van der Waals surface area contributed by atoms with E-state index >= 15 is 0 Å². The maximum atomic E-state index is 6.20. The molecule has 1 fully saturated rings. The lowest BCUT2D eigenvalue weighted by atomic mass is 9.83. The SMILES string of the molecule is CCNC1CCOC(C)(c2cccc3ccccc23)C1. The predicted molar refractivity (Wildman–Crippen MR) is 84.0 cm³/mol. The third-order valence-electron chi connectivity index (χ3n) is 4.38. The Morgan fingerprint density at radius 1 is 1.20 bits per heavy atom. The summed E-state index contributed by atoms with van der Waals surface area (Å²) in [6, 6.07) is 15.7. The van der Waals surface area contributed by atoms with Crippen molar-refractivity contribution in [3.63, 3.8) is 0 Å². The van der Waals surface area contributed by atoms with Gasteiger partial charge in [-0.25, -0.2) is 0 Å². The van der Waals surface area contributed by atoms with Crippen LogP contribution >= 0.6 is 0 Å². The summed E-state index contributed by atoms with van der Waals surface area (Å²) in [7, 11) is 0. The van der Waals surface area contributed by atoms with Gasteiger partial charge in [0.25, 0.3) is 0 Å². The molecule has 20 heavy (non-hydrogen) atoms. The molecule has 1 aliphatic rings. The normalized spacial score (nSPS) is 26.8. The fraction of sp³-hybridized carbons (Fsp3) is 0.444. The lowest BCUT2D eigenvalue weighted by molar-refractivity contribution is -0.0800. The third-order valence-corrected chi connectivity index (χ3v) is 4.38. The lowest BCUT2D eigenvalue weighted by Crippen LogP contribution is -2.43. The second kappa shape index (κ2) is 5.55. The van der Waals surface area contributed by atoms with Crippen molar-refractivity contribution in [1.29, 1.82) is 0 Å². The quantitative estimate of drug-likeness (QED) is 0.914. The Hall–Kier alpha value is -1.38. The molecule has 1 heterocycles. The Bertz CT molecular complexity index is 587. The Morgan fingerprint density at radius 3 is 2.85 bits per heavy atom. The van der Waals surface area contributed by atoms with E-state index in [0.717, 1.165) is 26.0 Å². The Balaban J connectivity index is 2.00. The van der Waals surface area contributed by atoms with E-state index < -0.39 is 0 Å². The Morgan fingerprint density at radius 2 is 2.00 bits per heavy atom. The van der Waals surface area contributed by atoms with E-state index in [0.29, 0.717) is 6.04 Å². The van der Waals surface area contributed by atoms with Gasteiger partial charge >= 0.3 is 0 Å². The first kappa shape index (κ1) is 13.6. The maximum absolute atomic E-state index is 6.20. The molecule has 3 rings (SSSR count). The number of ether oxygens (including phenoxy) is 1. The first-order valence-electron chi connectivity index (χ1n) is 7.58. The molecule has 0 amide bonds. The van der Waals surface area contributed by atoms with Crippen LogP contribution in [0.15, 0.2) is 42.5 Å². The first-order chi connectivity index (χ1) is 9.73. The van der Waals surface area contributed by atoms with Crippen LogP contribution in [-0.2, 0) is 10.3 Å². The highest BCUT2D eigenvalue weighted by Gasteiger charge is 2.35. The molecule has 106 valence electrons. The molecule has 1 N–H and O–H groups in total. The fourth-order valence-electron chi connectivity index (χ4n) is 3.39. The second-order valence-corrected chi connectivity index (χ2v) is 5.85. The molecular formula is C18H23NO. The van der Waals surface area contributed by atoms with Crippen molar-refractivity contribution in [2.45, 2.75) is 38.3 Å². The summed E-state index contributed by atoms with van der Waals surface area (Å²) in [6.45, 7) is 6.26. The molecule has 2 heteroatoms. The fourth-order valence-corrected chi connectivity index (χ4v) is 3.39. The number of nitrogens with one attached hydrogen (secondary N) is 1. The molecule has 2 aromatic rings. The standard InChI is InChI=1S/C18H23NO/c1-3-19-15-11-12-20-18(2,13-15)17-10-6-8-14-7-4-5-9-16(14)17/h4-10,15,19H,3,11-13H2,1-2H3. The van der Waals surface area contributed by atoms with E-state index in [9.17, 15) is 0 Å². The molecule has 2 aromatic carbocycles. The molecule has 2 nitrogen and oxygen atoms in total. The summed E-state index contributed by atoms with van der Waals surface area (Å²) in [5, 5.41) is 6.18. The van der Waals surface area contributed by atoms with Crippen molar-refractivity contribution in [2.24, 2.45) is 0 Å². The summed E-state index contributed by atoms with van der Waals surface area (Å²) in [5.74, 6) is 0. The molecule has 1 saturated heterocycles. The summed E-state index contributed by atoms with van der Waals surface area (Å²) < 4.78 is 6.20. The zero-order chi connectivity index (χ0) is 14.0. The van der Waals surface area contributed by atoms with Gasteiger partial charge in [0, 0.05) is 12.6 Å². The highest BCUT2D eigenvalue weighted by Crippen LogP contribution is 2.38. The van der Waals surface area contributed by atoms with Crippen LogP contribution in [0.5, 0.6) is 0 Å². The molecule has 2 atom stereocenters. The van der Waals surface area contributed by atoms with Crippen molar-refractivity contribution in [2.75, 3.05) is 13.2 Å². The topological polar surface area (TPSA) is 21.3 Å². The Labute approximate surface area is 121 Å². The van der Waals surface area contributed by atoms with Crippen LogP contribution in [0.4, 0.5) is 0 Å². The van der Waals surface area contributed by atoms with Crippen LogP contribution in [-0.4, -0.2) is 19.2 Å². The largest absolute Gasteiger partial charge is 0.370 e. The highest BCUT2D eigenvalue weighted by molar-refractivity contribution is 5.86. The van der Waals surface area contributed by atoms with Crippen LogP contribution < -0.4 is 5.32 Å². The maximum Gasteiger partial charge on any atom is 0.0924 e. The van der Waals surface area contributed by atoms with Crippen LogP contribution in [0.1, 0.15) is 32.3 Å². The van der Waals surface area contributed by atoms with Crippen LogP contribution in [0.25, 0.3) is 10.8 Å². The Kier molecular flexibility index (Phi) is 3.77. The predicted octanol–water partition coefficient (Wildman–Crippen LogP) is 3.84. The van der Waals surface area contributed by atoms with E-state index in [1.165, 1.54) is 16.3 Å². The molecule has 0 aromatic heterocycles. The minimum Gasteiger partial charge on any atom is -0.370 e. The van der Waals surface area contributed by atoms with Gasteiger partial charge in [0.2, 0.25) is 0 Å². The van der Waals surface area contributed by atoms with Crippen molar-refractivity contribution in [3.8, 4) is 0 Å². The van der Waals surface area contributed by atoms with Crippen LogP contribution in [0.3, 0.4) is 0 Å². The minimum absolute atomic E-state index is 0.189. The summed E-state index contributed by atoms with van der Waals surface area (Å²) >= 11 is 0. The van der Waals surface area contributed by atoms with Crippen molar-refractivity contribution < 1.29 is 4.74 Å². The number of fused-ring (bicyclic) bond motifs is 1. The average molecular weight is 269 g/mol. The third kappa shape index (κ3) is 2.46. The van der Waals surface area contributed by atoms with Gasteiger partial charge in [0.15, 0.2) is 0 Å². The van der Waals surface area contributed by atoms with Crippen molar-refractivity contribution in [3.05, 3.63) is 48.0 Å². The molecule has 0 spiro atoms. The molecule has 0 saturated carbocycles. The van der Waals surface area contributed by atoms with Gasteiger partial charge in [-0.3, -0.25) is 0 Å². The molecular weight excluding hydrogens is 246 g/mol. The van der Waals surface area contributed by atoms with E-state index in [-0.39, 0.29) is 5.60 Å². The van der Waals surface area contributed by atoms with Crippen LogP contribution in [0.2, 0.25) is 0 Å². The van der Waals surface area contributed by atoms with E-state index in [4.69, 9.17) is 4.74 Å². The minimum atomic E-state index is -0.189. The first-order valence-corrected chi connectivity index (χ1v) is 7.58. The number of rotatable bonds is 3. The smallest absolute Gasteiger partial charge is 0.0924 e. The number of hydrogen-bond acceptors (Lipinski definition) is 2. The molecule has 0 bridgehead atoms. The highest BCUT2D eigenvalue weighted by atomic mass is 16.5. The number of benzene rings is 2. The summed E-state index contributed by atoms with van der Waals surface area (Å²) in [4.78, 5) is 0. The van der Waals surface area contributed by atoms with Gasteiger partial charge in [-0.1, -0.05) is 49.4 Å². The van der Waals surface area contributed by atoms with Gasteiger partial charge in [0.05, 0.1) is 5.60 Å². The van der Waals surface area contributed by atoms with Crippen molar-refractivity contribution in [1.82, 2.24) is 5.32 Å². The molecule has 0 aliphatic carbocycles. The van der Waals surface area contributed by atoms with Crippen molar-refractivity contribution >= 4 is 10.8 Å². The van der Waals surface area contributed by atoms with Crippen LogP contribution in [0, 0.1) is 0 Å². The van der Waals surface area contributed by atoms with E-state index in [2.05, 4.69) is 61.6 Å². The second-order valence-electron chi connectivity index (χ2n) is 5.85. The zero-order valence-corrected chi connectivity index (χ0v) is 12.4.